The molecule has 142 valence electrons. The first-order chi connectivity index (χ1) is 12.9. The molecule has 0 bridgehead atoms. The van der Waals surface area contributed by atoms with Gasteiger partial charge in [-0.25, -0.2) is 4.79 Å². The molecule has 1 heterocycles. The van der Waals surface area contributed by atoms with E-state index >= 15 is 0 Å². The highest BCUT2D eigenvalue weighted by Gasteiger charge is 2.23. The van der Waals surface area contributed by atoms with E-state index in [0.29, 0.717) is 24.8 Å². The van der Waals surface area contributed by atoms with E-state index in [2.05, 4.69) is 13.8 Å². The fourth-order valence-electron chi connectivity index (χ4n) is 3.14. The zero-order valence-corrected chi connectivity index (χ0v) is 16.2. The summed E-state index contributed by atoms with van der Waals surface area (Å²) in [4.78, 5) is 12.6. The van der Waals surface area contributed by atoms with Crippen LogP contribution in [0.5, 0.6) is 11.5 Å². The normalized spacial score (nSPS) is 11.1. The number of fused-ring (bicyclic) bond motifs is 1. The highest BCUT2D eigenvalue weighted by molar-refractivity contribution is 6.09. The van der Waals surface area contributed by atoms with Crippen molar-refractivity contribution in [1.29, 1.82) is 0 Å². The van der Waals surface area contributed by atoms with E-state index in [1.54, 1.807) is 25.1 Å². The summed E-state index contributed by atoms with van der Waals surface area (Å²) in [6.45, 7) is 6.93. The van der Waals surface area contributed by atoms with Crippen LogP contribution in [0.4, 0.5) is 0 Å². The van der Waals surface area contributed by atoms with Gasteiger partial charge in [0.05, 0.1) is 13.2 Å². The number of phenolic OH excluding ortho intramolecular Hbond substituents is 1. The topological polar surface area (TPSA) is 60.7 Å². The van der Waals surface area contributed by atoms with Gasteiger partial charge in [-0.15, -0.1) is 0 Å². The molecule has 0 fully saturated rings. The van der Waals surface area contributed by atoms with Crippen molar-refractivity contribution in [3.05, 3.63) is 48.2 Å². The van der Waals surface area contributed by atoms with Crippen molar-refractivity contribution in [3.8, 4) is 22.6 Å². The molecular formula is C22H25NO4. The maximum Gasteiger partial charge on any atom is 0.355 e. The van der Waals surface area contributed by atoms with Crippen LogP contribution in [0, 0.1) is 5.92 Å². The highest BCUT2D eigenvalue weighted by atomic mass is 16.5. The molecule has 1 N–H and O–H groups in total. The van der Waals surface area contributed by atoms with Gasteiger partial charge in [0.15, 0.2) is 0 Å². The van der Waals surface area contributed by atoms with Gasteiger partial charge in [0.2, 0.25) is 0 Å². The van der Waals surface area contributed by atoms with Crippen LogP contribution in [0.2, 0.25) is 0 Å². The summed E-state index contributed by atoms with van der Waals surface area (Å²) < 4.78 is 12.8. The predicted molar refractivity (Wildman–Crippen MR) is 106 cm³/mol. The molecule has 0 unspecified atom stereocenters. The maximum absolute atomic E-state index is 12.6. The largest absolute Gasteiger partial charge is 0.508 e. The Morgan fingerprint density at radius 2 is 1.85 bits per heavy atom. The Hall–Kier alpha value is -2.95. The third-order valence-electron chi connectivity index (χ3n) is 4.38. The average Bonchev–Trinajstić information content (AvgIpc) is 2.92. The summed E-state index contributed by atoms with van der Waals surface area (Å²) in [5.41, 5.74) is 2.93. The van der Waals surface area contributed by atoms with Crippen molar-refractivity contribution >= 4 is 16.9 Å². The van der Waals surface area contributed by atoms with Gasteiger partial charge in [-0.1, -0.05) is 26.0 Å². The number of phenols is 1. The second-order valence-electron chi connectivity index (χ2n) is 6.93. The number of rotatable bonds is 6. The van der Waals surface area contributed by atoms with Crippen molar-refractivity contribution in [3.63, 3.8) is 0 Å². The Kier molecular flexibility index (Phi) is 5.40. The number of benzene rings is 2. The highest BCUT2D eigenvalue weighted by Crippen LogP contribution is 2.37. The first kappa shape index (κ1) is 18.8. The number of ether oxygens (including phenoxy) is 2. The molecule has 5 heteroatoms. The third-order valence-corrected chi connectivity index (χ3v) is 4.38. The van der Waals surface area contributed by atoms with Gasteiger partial charge in [-0.2, -0.15) is 0 Å². The zero-order chi connectivity index (χ0) is 19.6. The molecule has 0 saturated heterocycles. The molecule has 3 rings (SSSR count). The molecule has 0 atom stereocenters. The molecule has 5 nitrogen and oxygen atoms in total. The number of carbonyl (C=O) groups excluding carboxylic acids is 1. The number of hydrogen-bond acceptors (Lipinski definition) is 4. The number of nitrogens with zero attached hydrogens (tertiary/aromatic N) is 1. The second kappa shape index (κ2) is 7.74. The molecule has 1 aromatic heterocycles. The molecule has 0 spiro atoms. The van der Waals surface area contributed by atoms with Crippen LogP contribution >= 0.6 is 0 Å². The minimum absolute atomic E-state index is 0.154. The van der Waals surface area contributed by atoms with Crippen LogP contribution in [-0.2, 0) is 11.8 Å². The zero-order valence-electron chi connectivity index (χ0n) is 16.2. The van der Waals surface area contributed by atoms with E-state index in [4.69, 9.17) is 9.47 Å². The molecule has 0 saturated carbocycles. The lowest BCUT2D eigenvalue weighted by atomic mass is 10.0. The number of aryl methyl sites for hydroxylation is 1. The van der Waals surface area contributed by atoms with E-state index < -0.39 is 0 Å². The smallest absolute Gasteiger partial charge is 0.355 e. The molecular weight excluding hydrogens is 342 g/mol. The van der Waals surface area contributed by atoms with Crippen molar-refractivity contribution in [1.82, 2.24) is 4.57 Å². The third kappa shape index (κ3) is 3.77. The van der Waals surface area contributed by atoms with Crippen molar-refractivity contribution in [2.45, 2.75) is 20.8 Å². The van der Waals surface area contributed by atoms with Crippen LogP contribution in [0.25, 0.3) is 22.0 Å². The van der Waals surface area contributed by atoms with Gasteiger partial charge in [0.1, 0.15) is 17.2 Å². The van der Waals surface area contributed by atoms with E-state index in [9.17, 15) is 9.90 Å². The summed E-state index contributed by atoms with van der Waals surface area (Å²) in [5.74, 6) is 1.00. The molecule has 0 aliphatic carbocycles. The quantitative estimate of drug-likeness (QED) is 0.638. The molecule has 0 aliphatic rings. The van der Waals surface area contributed by atoms with Gasteiger partial charge < -0.3 is 19.1 Å². The minimum Gasteiger partial charge on any atom is -0.508 e. The Bertz CT molecular complexity index is 955. The van der Waals surface area contributed by atoms with Gasteiger partial charge in [-0.3, -0.25) is 0 Å². The monoisotopic (exact) mass is 367 g/mol. The summed E-state index contributed by atoms with van der Waals surface area (Å²) >= 11 is 0. The van der Waals surface area contributed by atoms with Crippen LogP contribution in [0.3, 0.4) is 0 Å². The van der Waals surface area contributed by atoms with Crippen molar-refractivity contribution in [2.75, 3.05) is 13.2 Å². The summed E-state index contributed by atoms with van der Waals surface area (Å²) in [6, 6.07) is 12.7. The SMILES string of the molecule is CCOC(=O)c1c(-c2ccc(OCC(C)C)cc2)c2cc(O)ccc2n1C. The Morgan fingerprint density at radius 1 is 1.15 bits per heavy atom. The lowest BCUT2D eigenvalue weighted by molar-refractivity contribution is 0.0517. The molecule has 0 radical (unpaired) electrons. The van der Waals surface area contributed by atoms with Crippen LogP contribution in [-0.4, -0.2) is 28.9 Å². The van der Waals surface area contributed by atoms with E-state index in [-0.39, 0.29) is 11.7 Å². The standard InChI is InChI=1S/C22H25NO4/c1-5-26-22(25)21-20(18-12-16(24)8-11-19(18)23(21)4)15-6-9-17(10-7-15)27-13-14(2)3/h6-12,14,24H,5,13H2,1-4H3. The summed E-state index contributed by atoms with van der Waals surface area (Å²) in [6.07, 6.45) is 0. The molecule has 2 aromatic carbocycles. The molecule has 27 heavy (non-hydrogen) atoms. The van der Waals surface area contributed by atoms with Crippen molar-refractivity contribution < 1.29 is 19.4 Å². The Balaban J connectivity index is 2.12. The van der Waals surface area contributed by atoms with Crippen LogP contribution in [0.1, 0.15) is 31.3 Å². The van der Waals surface area contributed by atoms with Crippen LogP contribution in [0.15, 0.2) is 42.5 Å². The molecule has 0 aliphatic heterocycles. The maximum atomic E-state index is 12.6. The number of esters is 1. The lowest BCUT2D eigenvalue weighted by Crippen LogP contribution is -2.11. The Labute approximate surface area is 159 Å². The molecule has 3 aromatic rings. The number of carbonyl (C=O) groups is 1. The van der Waals surface area contributed by atoms with E-state index in [1.165, 1.54) is 0 Å². The second-order valence-corrected chi connectivity index (χ2v) is 6.93. The average molecular weight is 367 g/mol. The first-order valence-electron chi connectivity index (χ1n) is 9.14. The minimum atomic E-state index is -0.383. The van der Waals surface area contributed by atoms with Gasteiger partial charge in [0, 0.05) is 23.5 Å². The number of aromatic nitrogens is 1. The van der Waals surface area contributed by atoms with E-state index in [1.807, 2.05) is 35.9 Å². The van der Waals surface area contributed by atoms with Gasteiger partial charge in [0.25, 0.3) is 0 Å². The first-order valence-corrected chi connectivity index (χ1v) is 9.14. The van der Waals surface area contributed by atoms with Gasteiger partial charge in [-0.05, 0) is 48.7 Å². The lowest BCUT2D eigenvalue weighted by Gasteiger charge is -2.10. The van der Waals surface area contributed by atoms with Crippen molar-refractivity contribution in [2.24, 2.45) is 13.0 Å². The number of aromatic hydroxyl groups is 1. The van der Waals surface area contributed by atoms with E-state index in [0.717, 1.165) is 27.8 Å². The predicted octanol–water partition coefficient (Wildman–Crippen LogP) is 4.76. The van der Waals surface area contributed by atoms with Crippen LogP contribution < -0.4 is 4.74 Å². The summed E-state index contributed by atoms with van der Waals surface area (Å²) in [7, 11) is 1.83. The molecule has 0 amide bonds. The fraction of sp³-hybridized carbons (Fsp3) is 0.318. The fourth-order valence-corrected chi connectivity index (χ4v) is 3.14. The van der Waals surface area contributed by atoms with Gasteiger partial charge >= 0.3 is 5.97 Å². The Morgan fingerprint density at radius 3 is 2.48 bits per heavy atom. The number of hydrogen-bond donors (Lipinski definition) is 1. The summed E-state index contributed by atoms with van der Waals surface area (Å²) in [5, 5.41) is 10.8.